The molecule has 0 amide bonds. The molecule has 5 heteroatoms. The zero-order valence-electron chi connectivity index (χ0n) is 8.87. The third-order valence-electron chi connectivity index (χ3n) is 1.75. The Balaban J connectivity index is 2.10. The van der Waals surface area contributed by atoms with Gasteiger partial charge in [-0.2, -0.15) is 0 Å². The van der Waals surface area contributed by atoms with Crippen molar-refractivity contribution in [1.29, 1.82) is 0 Å². The highest BCUT2D eigenvalue weighted by atomic mass is 35.5. The van der Waals surface area contributed by atoms with Crippen molar-refractivity contribution in [2.24, 2.45) is 0 Å². The molecule has 1 rings (SSSR count). The summed E-state index contributed by atoms with van der Waals surface area (Å²) in [5, 5.41) is 3.41. The summed E-state index contributed by atoms with van der Waals surface area (Å²) in [7, 11) is 0. The van der Waals surface area contributed by atoms with E-state index in [1.165, 1.54) is 0 Å². The molecule has 0 aliphatic carbocycles. The number of hydrogen-bond donors (Lipinski definition) is 1. The second-order valence-electron chi connectivity index (χ2n) is 3.10. The standard InChI is InChI=1S/C10H16ClN3O/c1-2-7-15-8-3-5-12-9-4-6-13-10(11)14-9/h4,6H,2-3,5,7-8H2,1H3,(H,12,13,14). The Morgan fingerprint density at radius 2 is 2.33 bits per heavy atom. The van der Waals surface area contributed by atoms with Crippen LogP contribution in [0.3, 0.4) is 0 Å². The van der Waals surface area contributed by atoms with Crippen LogP contribution in [0.25, 0.3) is 0 Å². The molecule has 84 valence electrons. The number of rotatable bonds is 7. The van der Waals surface area contributed by atoms with Gasteiger partial charge < -0.3 is 10.1 Å². The van der Waals surface area contributed by atoms with Gasteiger partial charge in [0.05, 0.1) is 0 Å². The Morgan fingerprint density at radius 1 is 1.47 bits per heavy atom. The van der Waals surface area contributed by atoms with E-state index in [4.69, 9.17) is 16.3 Å². The van der Waals surface area contributed by atoms with Crippen molar-refractivity contribution in [3.8, 4) is 0 Å². The van der Waals surface area contributed by atoms with Crippen LogP contribution in [0.15, 0.2) is 12.3 Å². The molecule has 0 spiro atoms. The van der Waals surface area contributed by atoms with Crippen molar-refractivity contribution in [3.63, 3.8) is 0 Å². The Labute approximate surface area is 95.0 Å². The van der Waals surface area contributed by atoms with Crippen LogP contribution in [0.4, 0.5) is 5.82 Å². The van der Waals surface area contributed by atoms with Crippen LogP contribution < -0.4 is 5.32 Å². The van der Waals surface area contributed by atoms with E-state index in [9.17, 15) is 0 Å². The van der Waals surface area contributed by atoms with Gasteiger partial charge in [-0.15, -0.1) is 0 Å². The van der Waals surface area contributed by atoms with Crippen LogP contribution in [0.5, 0.6) is 0 Å². The van der Waals surface area contributed by atoms with Crippen molar-refractivity contribution < 1.29 is 4.74 Å². The van der Waals surface area contributed by atoms with Crippen LogP contribution in [0.1, 0.15) is 19.8 Å². The molecule has 15 heavy (non-hydrogen) atoms. The maximum absolute atomic E-state index is 5.64. The quantitative estimate of drug-likeness (QED) is 0.576. The summed E-state index contributed by atoms with van der Waals surface area (Å²) < 4.78 is 5.35. The van der Waals surface area contributed by atoms with Gasteiger partial charge in [0.15, 0.2) is 0 Å². The predicted molar refractivity (Wildman–Crippen MR) is 61.3 cm³/mol. The minimum Gasteiger partial charge on any atom is -0.381 e. The number of aromatic nitrogens is 2. The van der Waals surface area contributed by atoms with Gasteiger partial charge in [0.1, 0.15) is 5.82 Å². The number of hydrogen-bond acceptors (Lipinski definition) is 4. The summed E-state index contributed by atoms with van der Waals surface area (Å²) in [6, 6.07) is 1.79. The molecule has 0 aliphatic heterocycles. The number of nitrogens with one attached hydrogen (secondary N) is 1. The second kappa shape index (κ2) is 7.43. The smallest absolute Gasteiger partial charge is 0.224 e. The van der Waals surface area contributed by atoms with Gasteiger partial charge in [-0.1, -0.05) is 6.92 Å². The molecule has 0 atom stereocenters. The van der Waals surface area contributed by atoms with Crippen LogP contribution in [0.2, 0.25) is 5.28 Å². The first-order valence-electron chi connectivity index (χ1n) is 5.13. The fourth-order valence-electron chi connectivity index (χ4n) is 1.07. The van der Waals surface area contributed by atoms with Crippen LogP contribution >= 0.6 is 11.6 Å². The summed E-state index contributed by atoms with van der Waals surface area (Å²) in [4.78, 5) is 7.81. The van der Waals surface area contributed by atoms with Crippen LogP contribution in [-0.2, 0) is 4.74 Å². The van der Waals surface area contributed by atoms with Gasteiger partial charge in [-0.25, -0.2) is 9.97 Å². The maximum atomic E-state index is 5.64. The lowest BCUT2D eigenvalue weighted by Gasteiger charge is -2.05. The third kappa shape index (κ3) is 5.54. The molecule has 0 saturated heterocycles. The minimum atomic E-state index is 0.266. The van der Waals surface area contributed by atoms with Gasteiger partial charge in [0, 0.05) is 26.0 Å². The second-order valence-corrected chi connectivity index (χ2v) is 3.44. The molecule has 0 aliphatic rings. The molecule has 0 fully saturated rings. The fourth-order valence-corrected chi connectivity index (χ4v) is 1.22. The Bertz CT molecular complexity index is 283. The largest absolute Gasteiger partial charge is 0.381 e. The molecule has 0 saturated carbocycles. The SMILES string of the molecule is CCCOCCCNc1ccnc(Cl)n1. The first-order valence-corrected chi connectivity index (χ1v) is 5.51. The van der Waals surface area contributed by atoms with Crippen LogP contribution in [0, 0.1) is 0 Å². The Hall–Kier alpha value is -0.870. The van der Waals surface area contributed by atoms with Crippen molar-refractivity contribution in [1.82, 2.24) is 9.97 Å². The van der Waals surface area contributed by atoms with Gasteiger partial charge >= 0.3 is 0 Å². The molecule has 1 N–H and O–H groups in total. The lowest BCUT2D eigenvalue weighted by atomic mass is 10.4. The normalized spacial score (nSPS) is 10.3. The topological polar surface area (TPSA) is 47.0 Å². The number of anilines is 1. The molecule has 1 aromatic heterocycles. The zero-order valence-corrected chi connectivity index (χ0v) is 9.63. The Kier molecular flexibility index (Phi) is 6.04. The van der Waals surface area contributed by atoms with Gasteiger partial charge in [-0.05, 0) is 30.5 Å². The summed E-state index contributed by atoms with van der Waals surface area (Å²) in [5.74, 6) is 0.755. The Morgan fingerprint density at radius 3 is 3.07 bits per heavy atom. The zero-order chi connectivity index (χ0) is 10.9. The highest BCUT2D eigenvalue weighted by Crippen LogP contribution is 2.05. The fraction of sp³-hybridized carbons (Fsp3) is 0.600. The molecule has 0 radical (unpaired) electrons. The highest BCUT2D eigenvalue weighted by molar-refractivity contribution is 6.28. The van der Waals surface area contributed by atoms with E-state index >= 15 is 0 Å². The molecule has 0 unspecified atom stereocenters. The lowest BCUT2D eigenvalue weighted by molar-refractivity contribution is 0.134. The highest BCUT2D eigenvalue weighted by Gasteiger charge is 1.95. The minimum absolute atomic E-state index is 0.266. The van der Waals surface area contributed by atoms with Gasteiger partial charge in [0.2, 0.25) is 5.28 Å². The first kappa shape index (κ1) is 12.2. The van der Waals surface area contributed by atoms with E-state index in [2.05, 4.69) is 22.2 Å². The van der Waals surface area contributed by atoms with Crippen LogP contribution in [-0.4, -0.2) is 29.7 Å². The van der Waals surface area contributed by atoms with Crippen molar-refractivity contribution in [2.45, 2.75) is 19.8 Å². The summed E-state index contributed by atoms with van der Waals surface area (Å²) in [5.41, 5.74) is 0. The molecular formula is C10H16ClN3O. The molecular weight excluding hydrogens is 214 g/mol. The van der Waals surface area contributed by atoms with E-state index in [0.29, 0.717) is 0 Å². The van der Waals surface area contributed by atoms with E-state index in [1.807, 2.05) is 0 Å². The monoisotopic (exact) mass is 229 g/mol. The van der Waals surface area contributed by atoms with E-state index < -0.39 is 0 Å². The van der Waals surface area contributed by atoms with Gasteiger partial charge in [-0.3, -0.25) is 0 Å². The number of halogens is 1. The molecule has 4 nitrogen and oxygen atoms in total. The van der Waals surface area contributed by atoms with Gasteiger partial charge in [0.25, 0.3) is 0 Å². The first-order chi connectivity index (χ1) is 7.33. The molecule has 0 bridgehead atoms. The van der Waals surface area contributed by atoms with E-state index in [-0.39, 0.29) is 5.28 Å². The number of nitrogens with zero attached hydrogens (tertiary/aromatic N) is 2. The summed E-state index contributed by atoms with van der Waals surface area (Å²) in [6.45, 7) is 4.54. The third-order valence-corrected chi connectivity index (χ3v) is 1.93. The summed E-state index contributed by atoms with van der Waals surface area (Å²) in [6.07, 6.45) is 3.65. The predicted octanol–water partition coefficient (Wildman–Crippen LogP) is 2.36. The lowest BCUT2D eigenvalue weighted by Crippen LogP contribution is -2.07. The molecule has 1 heterocycles. The molecule has 1 aromatic rings. The van der Waals surface area contributed by atoms with E-state index in [1.54, 1.807) is 12.3 Å². The average Bonchev–Trinajstić information content (AvgIpc) is 2.23. The van der Waals surface area contributed by atoms with E-state index in [0.717, 1.165) is 38.4 Å². The summed E-state index contributed by atoms with van der Waals surface area (Å²) >= 11 is 5.64. The maximum Gasteiger partial charge on any atom is 0.224 e. The average molecular weight is 230 g/mol. The molecule has 0 aromatic carbocycles. The van der Waals surface area contributed by atoms with Crippen molar-refractivity contribution in [2.75, 3.05) is 25.1 Å². The number of ether oxygens (including phenoxy) is 1. The van der Waals surface area contributed by atoms with Crippen molar-refractivity contribution in [3.05, 3.63) is 17.5 Å². The van der Waals surface area contributed by atoms with Crippen molar-refractivity contribution >= 4 is 17.4 Å².